The number of carbonyl (C=O) groups excluding carboxylic acids is 2. The summed E-state index contributed by atoms with van der Waals surface area (Å²) in [7, 11) is 1.45. The van der Waals surface area contributed by atoms with Gasteiger partial charge in [-0.05, 0) is 35.8 Å². The minimum absolute atomic E-state index is 0.0343. The van der Waals surface area contributed by atoms with Crippen LogP contribution in [0.4, 0.5) is 4.79 Å². The summed E-state index contributed by atoms with van der Waals surface area (Å²) in [5.74, 6) is -0.0766. The number of methoxy groups -OCH3 is 1. The van der Waals surface area contributed by atoms with Gasteiger partial charge < -0.3 is 15.2 Å². The van der Waals surface area contributed by atoms with E-state index in [1.165, 1.54) is 7.11 Å². The van der Waals surface area contributed by atoms with Crippen LogP contribution in [0, 0.1) is 0 Å². The summed E-state index contributed by atoms with van der Waals surface area (Å²) in [6.07, 6.45) is 3.68. The number of phenolic OH excluding ortho intramolecular Hbond substituents is 1. The number of benzene rings is 2. The number of carbonyl (C=O) groups is 2. The number of rotatable bonds is 6. The van der Waals surface area contributed by atoms with Crippen molar-refractivity contribution in [2.75, 3.05) is 7.11 Å². The van der Waals surface area contributed by atoms with Crippen LogP contribution in [0.1, 0.15) is 16.7 Å². The number of nitrogens with one attached hydrogen (secondary N) is 1. The molecule has 1 aliphatic rings. The van der Waals surface area contributed by atoms with Gasteiger partial charge in [0.25, 0.3) is 5.91 Å². The quantitative estimate of drug-likeness (QED) is 0.469. The average molecular weight is 364 g/mol. The van der Waals surface area contributed by atoms with E-state index >= 15 is 0 Å². The van der Waals surface area contributed by atoms with Crippen molar-refractivity contribution < 1.29 is 19.4 Å². The Morgan fingerprint density at radius 2 is 1.96 bits per heavy atom. The fourth-order valence-electron chi connectivity index (χ4n) is 2.89. The summed E-state index contributed by atoms with van der Waals surface area (Å²) in [4.78, 5) is 26.0. The van der Waals surface area contributed by atoms with E-state index in [0.717, 1.165) is 10.5 Å². The van der Waals surface area contributed by atoms with Crippen molar-refractivity contribution in [1.29, 1.82) is 0 Å². The van der Waals surface area contributed by atoms with Crippen molar-refractivity contribution >= 4 is 18.0 Å². The molecule has 138 valence electrons. The van der Waals surface area contributed by atoms with Gasteiger partial charge >= 0.3 is 6.03 Å². The van der Waals surface area contributed by atoms with Gasteiger partial charge in [-0.2, -0.15) is 0 Å². The molecule has 2 aromatic rings. The van der Waals surface area contributed by atoms with Gasteiger partial charge in [0, 0.05) is 5.56 Å². The van der Waals surface area contributed by atoms with Crippen LogP contribution in [0.2, 0.25) is 0 Å². The van der Waals surface area contributed by atoms with Gasteiger partial charge in [0.1, 0.15) is 5.70 Å². The number of phenols is 1. The standard InChI is InChI=1S/C21H20N2O4/c1-3-7-16-10-15(12-18(27-2)19(16)24)11-17-20(25)23(21(26)22-17)13-14-8-5-4-6-9-14/h3-6,8-12,24H,1,7,13H2,2H3,(H,22,26)/b17-11+. The van der Waals surface area contributed by atoms with Crippen molar-refractivity contribution in [3.8, 4) is 11.5 Å². The van der Waals surface area contributed by atoms with Gasteiger partial charge in [-0.25, -0.2) is 4.79 Å². The SMILES string of the molecule is C=CCc1cc(/C=C2/NC(=O)N(Cc3ccccc3)C2=O)cc(OC)c1O. The van der Waals surface area contributed by atoms with Crippen LogP contribution in [0.25, 0.3) is 6.08 Å². The maximum Gasteiger partial charge on any atom is 0.329 e. The lowest BCUT2D eigenvalue weighted by atomic mass is 10.0. The molecule has 0 aliphatic carbocycles. The third-order valence-electron chi connectivity index (χ3n) is 4.22. The number of hydrogen-bond acceptors (Lipinski definition) is 4. The first-order chi connectivity index (χ1) is 13.0. The Bertz CT molecular complexity index is 919. The van der Waals surface area contributed by atoms with E-state index in [1.54, 1.807) is 24.3 Å². The Balaban J connectivity index is 1.89. The predicted molar refractivity (Wildman–Crippen MR) is 102 cm³/mol. The lowest BCUT2D eigenvalue weighted by Gasteiger charge is -2.11. The van der Waals surface area contributed by atoms with E-state index in [4.69, 9.17) is 4.74 Å². The first-order valence-corrected chi connectivity index (χ1v) is 8.42. The minimum Gasteiger partial charge on any atom is -0.504 e. The predicted octanol–water partition coefficient (Wildman–Crippen LogP) is 3.22. The van der Waals surface area contributed by atoms with E-state index < -0.39 is 11.9 Å². The summed E-state index contributed by atoms with van der Waals surface area (Å²) in [5.41, 5.74) is 2.29. The lowest BCUT2D eigenvalue weighted by Crippen LogP contribution is -2.30. The average Bonchev–Trinajstić information content (AvgIpc) is 2.92. The zero-order valence-corrected chi connectivity index (χ0v) is 14.9. The molecule has 0 bridgehead atoms. The summed E-state index contributed by atoms with van der Waals surface area (Å²) < 4.78 is 5.19. The summed E-state index contributed by atoms with van der Waals surface area (Å²) >= 11 is 0. The normalized spacial score (nSPS) is 15.1. The maximum atomic E-state index is 12.6. The van der Waals surface area contributed by atoms with Crippen LogP contribution in [0.5, 0.6) is 11.5 Å². The third kappa shape index (κ3) is 3.84. The Kier molecular flexibility index (Phi) is 5.26. The first-order valence-electron chi connectivity index (χ1n) is 8.42. The highest BCUT2D eigenvalue weighted by Crippen LogP contribution is 2.33. The number of hydrogen-bond donors (Lipinski definition) is 2. The fraction of sp³-hybridized carbons (Fsp3) is 0.143. The number of urea groups is 1. The molecule has 6 heteroatoms. The Morgan fingerprint density at radius 3 is 2.63 bits per heavy atom. The van der Waals surface area contributed by atoms with Gasteiger partial charge in [-0.15, -0.1) is 6.58 Å². The molecule has 3 rings (SSSR count). The zero-order valence-electron chi connectivity index (χ0n) is 14.9. The van der Waals surface area contributed by atoms with Crippen LogP contribution in [-0.4, -0.2) is 29.1 Å². The molecule has 1 heterocycles. The molecule has 1 aliphatic heterocycles. The van der Waals surface area contributed by atoms with E-state index in [-0.39, 0.29) is 18.0 Å². The van der Waals surface area contributed by atoms with E-state index in [9.17, 15) is 14.7 Å². The molecular weight excluding hydrogens is 344 g/mol. The summed E-state index contributed by atoms with van der Waals surface area (Å²) in [6.45, 7) is 3.87. The second-order valence-corrected chi connectivity index (χ2v) is 6.09. The van der Waals surface area contributed by atoms with E-state index in [1.807, 2.05) is 30.3 Å². The number of imide groups is 1. The lowest BCUT2D eigenvalue weighted by molar-refractivity contribution is -0.123. The molecule has 0 unspecified atom stereocenters. The molecule has 2 aromatic carbocycles. The summed E-state index contributed by atoms with van der Waals surface area (Å²) in [6, 6.07) is 12.2. The van der Waals surface area contributed by atoms with Gasteiger partial charge in [-0.3, -0.25) is 9.69 Å². The van der Waals surface area contributed by atoms with Crippen molar-refractivity contribution in [3.05, 3.63) is 77.5 Å². The largest absolute Gasteiger partial charge is 0.504 e. The highest BCUT2D eigenvalue weighted by Gasteiger charge is 2.33. The molecule has 0 atom stereocenters. The van der Waals surface area contributed by atoms with Gasteiger partial charge in [0.15, 0.2) is 11.5 Å². The topological polar surface area (TPSA) is 78.9 Å². The number of nitrogens with zero attached hydrogens (tertiary/aromatic N) is 1. The Morgan fingerprint density at radius 1 is 1.22 bits per heavy atom. The molecular formula is C21H20N2O4. The number of allylic oxidation sites excluding steroid dienone is 1. The monoisotopic (exact) mass is 364 g/mol. The molecule has 0 spiro atoms. The van der Waals surface area contributed by atoms with Crippen LogP contribution >= 0.6 is 0 Å². The fourth-order valence-corrected chi connectivity index (χ4v) is 2.89. The third-order valence-corrected chi connectivity index (χ3v) is 4.22. The second kappa shape index (κ2) is 7.78. The number of amides is 3. The Hall–Kier alpha value is -3.54. The minimum atomic E-state index is -0.466. The number of ether oxygens (including phenoxy) is 1. The summed E-state index contributed by atoms with van der Waals surface area (Å²) in [5, 5.41) is 12.8. The highest BCUT2D eigenvalue weighted by molar-refractivity contribution is 6.13. The molecule has 6 nitrogen and oxygen atoms in total. The van der Waals surface area contributed by atoms with Crippen molar-refractivity contribution in [3.63, 3.8) is 0 Å². The highest BCUT2D eigenvalue weighted by atomic mass is 16.5. The molecule has 1 fully saturated rings. The van der Waals surface area contributed by atoms with E-state index in [2.05, 4.69) is 11.9 Å². The van der Waals surface area contributed by atoms with Gasteiger partial charge in [0.05, 0.1) is 13.7 Å². The van der Waals surface area contributed by atoms with Crippen molar-refractivity contribution in [1.82, 2.24) is 10.2 Å². The van der Waals surface area contributed by atoms with Gasteiger partial charge in [0.2, 0.25) is 0 Å². The molecule has 1 saturated heterocycles. The zero-order chi connectivity index (χ0) is 19.4. The smallest absolute Gasteiger partial charge is 0.329 e. The molecule has 27 heavy (non-hydrogen) atoms. The maximum absolute atomic E-state index is 12.6. The van der Waals surface area contributed by atoms with Crippen LogP contribution < -0.4 is 10.1 Å². The van der Waals surface area contributed by atoms with Crippen LogP contribution in [0.3, 0.4) is 0 Å². The van der Waals surface area contributed by atoms with Gasteiger partial charge in [-0.1, -0.05) is 36.4 Å². The first kappa shape index (κ1) is 18.3. The van der Waals surface area contributed by atoms with Crippen molar-refractivity contribution in [2.45, 2.75) is 13.0 Å². The molecule has 0 aromatic heterocycles. The molecule has 2 N–H and O–H groups in total. The van der Waals surface area contributed by atoms with E-state index in [0.29, 0.717) is 23.3 Å². The van der Waals surface area contributed by atoms with Crippen LogP contribution in [-0.2, 0) is 17.8 Å². The second-order valence-electron chi connectivity index (χ2n) is 6.09. The van der Waals surface area contributed by atoms with Crippen LogP contribution in [0.15, 0.2) is 60.8 Å². The molecule has 0 saturated carbocycles. The number of aromatic hydroxyl groups is 1. The molecule has 3 amide bonds. The molecule has 0 radical (unpaired) electrons. The van der Waals surface area contributed by atoms with Crippen molar-refractivity contribution in [2.24, 2.45) is 0 Å². The Labute approximate surface area is 157 Å².